The Morgan fingerprint density at radius 3 is 2.86 bits per heavy atom. The van der Waals surface area contributed by atoms with Gasteiger partial charge in [-0.3, -0.25) is 9.48 Å². The molecule has 0 bridgehead atoms. The summed E-state index contributed by atoms with van der Waals surface area (Å²) < 4.78 is 7.81. The summed E-state index contributed by atoms with van der Waals surface area (Å²) in [5.41, 5.74) is 5.20. The molecule has 29 heavy (non-hydrogen) atoms. The first-order valence-electron chi connectivity index (χ1n) is 10.1. The molecule has 0 spiro atoms. The van der Waals surface area contributed by atoms with Crippen molar-refractivity contribution >= 4 is 12.0 Å². The minimum Gasteiger partial charge on any atom is -0.488 e. The quantitative estimate of drug-likeness (QED) is 0.741. The summed E-state index contributed by atoms with van der Waals surface area (Å²) in [5.74, 6) is 0.763. The highest BCUT2D eigenvalue weighted by atomic mass is 16.5. The van der Waals surface area contributed by atoms with E-state index in [2.05, 4.69) is 27.2 Å². The molecule has 0 fully saturated rings. The molecular weight excluding hydrogens is 362 g/mol. The number of amides is 1. The van der Waals surface area contributed by atoms with Gasteiger partial charge in [-0.05, 0) is 37.0 Å². The van der Waals surface area contributed by atoms with Crippen molar-refractivity contribution < 1.29 is 9.53 Å². The highest BCUT2D eigenvalue weighted by Gasteiger charge is 2.27. The molecule has 0 saturated carbocycles. The summed E-state index contributed by atoms with van der Waals surface area (Å²) in [5, 5.41) is 7.83. The van der Waals surface area contributed by atoms with E-state index in [-0.39, 0.29) is 11.9 Å². The van der Waals surface area contributed by atoms with Gasteiger partial charge in [0.2, 0.25) is 0 Å². The predicted molar refractivity (Wildman–Crippen MR) is 112 cm³/mol. The number of carbonyl (C=O) groups is 1. The van der Waals surface area contributed by atoms with E-state index in [1.165, 1.54) is 11.3 Å². The van der Waals surface area contributed by atoms with Crippen LogP contribution in [0.3, 0.4) is 0 Å². The third kappa shape index (κ3) is 3.56. The largest absolute Gasteiger partial charge is 0.488 e. The van der Waals surface area contributed by atoms with Gasteiger partial charge in [0.25, 0.3) is 5.91 Å². The summed E-state index contributed by atoms with van der Waals surface area (Å²) in [6, 6.07) is 18.1. The van der Waals surface area contributed by atoms with Crippen molar-refractivity contribution in [1.82, 2.24) is 15.1 Å². The number of hydrogen-bond donors (Lipinski definition) is 1. The second-order valence-electron chi connectivity index (χ2n) is 7.60. The summed E-state index contributed by atoms with van der Waals surface area (Å²) >= 11 is 0. The molecule has 2 aromatic carbocycles. The Kier molecular flexibility index (Phi) is 4.64. The molecule has 5 nitrogen and oxygen atoms in total. The van der Waals surface area contributed by atoms with Crippen LogP contribution in [0.25, 0.3) is 6.08 Å². The first kappa shape index (κ1) is 17.7. The van der Waals surface area contributed by atoms with Crippen LogP contribution in [0, 0.1) is 0 Å². The van der Waals surface area contributed by atoms with Gasteiger partial charge in [0.1, 0.15) is 12.4 Å². The lowest BCUT2D eigenvalue weighted by Crippen LogP contribution is -2.34. The van der Waals surface area contributed by atoms with Gasteiger partial charge in [0.05, 0.1) is 24.4 Å². The molecular formula is C24H23N3O2. The van der Waals surface area contributed by atoms with E-state index >= 15 is 0 Å². The number of fused-ring (bicyclic) bond motifs is 2. The van der Waals surface area contributed by atoms with Crippen molar-refractivity contribution in [3.8, 4) is 5.75 Å². The van der Waals surface area contributed by atoms with Crippen LogP contribution in [0.15, 0.2) is 66.4 Å². The highest BCUT2D eigenvalue weighted by molar-refractivity contribution is 5.99. The second kappa shape index (κ2) is 7.59. The van der Waals surface area contributed by atoms with E-state index in [1.54, 1.807) is 0 Å². The second-order valence-corrected chi connectivity index (χ2v) is 7.60. The Labute approximate surface area is 170 Å². The van der Waals surface area contributed by atoms with E-state index in [0.717, 1.165) is 42.7 Å². The molecule has 1 aliphatic heterocycles. The van der Waals surface area contributed by atoms with Crippen LogP contribution in [0.2, 0.25) is 0 Å². The van der Waals surface area contributed by atoms with Crippen LogP contribution < -0.4 is 10.1 Å². The molecule has 1 aromatic heterocycles. The molecule has 5 heteroatoms. The minimum atomic E-state index is -0.0619. The predicted octanol–water partition coefficient (Wildman–Crippen LogP) is 3.90. The zero-order chi connectivity index (χ0) is 19.6. The van der Waals surface area contributed by atoms with E-state index in [9.17, 15) is 4.79 Å². The van der Waals surface area contributed by atoms with Crippen molar-refractivity contribution in [3.63, 3.8) is 0 Å². The molecule has 0 radical (unpaired) electrons. The van der Waals surface area contributed by atoms with Gasteiger partial charge in [0.15, 0.2) is 0 Å². The number of ether oxygens (including phenoxy) is 1. The normalized spacial score (nSPS) is 17.5. The molecule has 1 amide bonds. The SMILES string of the molecule is O=C(NC1CCCc2c1cnn2Cc1ccccc1)C1=Cc2ccccc2OC1. The van der Waals surface area contributed by atoms with Crippen LogP contribution in [0.4, 0.5) is 0 Å². The number of rotatable bonds is 4. The van der Waals surface area contributed by atoms with Crippen molar-refractivity contribution in [2.75, 3.05) is 6.61 Å². The van der Waals surface area contributed by atoms with Crippen molar-refractivity contribution in [2.24, 2.45) is 0 Å². The number of para-hydroxylation sites is 1. The lowest BCUT2D eigenvalue weighted by molar-refractivity contribution is -0.118. The summed E-state index contributed by atoms with van der Waals surface area (Å²) in [6.45, 7) is 1.06. The maximum atomic E-state index is 12.9. The number of benzene rings is 2. The maximum absolute atomic E-state index is 12.9. The van der Waals surface area contributed by atoms with Crippen LogP contribution in [-0.2, 0) is 17.8 Å². The van der Waals surface area contributed by atoms with E-state index in [4.69, 9.17) is 4.74 Å². The molecule has 2 aliphatic rings. The van der Waals surface area contributed by atoms with Crippen LogP contribution in [0.5, 0.6) is 5.75 Å². The topological polar surface area (TPSA) is 56.2 Å². The Morgan fingerprint density at radius 1 is 1.14 bits per heavy atom. The maximum Gasteiger partial charge on any atom is 0.251 e. The first-order valence-corrected chi connectivity index (χ1v) is 10.1. The molecule has 1 unspecified atom stereocenters. The molecule has 2 heterocycles. The molecule has 146 valence electrons. The standard InChI is InChI=1S/C24H23N3O2/c28-24(19-13-18-9-4-5-12-23(18)29-16-19)26-21-10-6-11-22-20(21)14-25-27(22)15-17-7-2-1-3-8-17/h1-5,7-9,12-14,21H,6,10-11,15-16H2,(H,26,28). The number of aromatic nitrogens is 2. The van der Waals surface area contributed by atoms with E-state index in [0.29, 0.717) is 12.2 Å². The molecule has 1 N–H and O–H groups in total. The number of nitrogens with zero attached hydrogens (tertiary/aromatic N) is 2. The van der Waals surface area contributed by atoms with Crippen molar-refractivity contribution in [3.05, 3.63) is 88.8 Å². The number of hydrogen-bond acceptors (Lipinski definition) is 3. The Balaban J connectivity index is 1.34. The molecule has 1 aliphatic carbocycles. The minimum absolute atomic E-state index is 0.00570. The first-order chi connectivity index (χ1) is 14.3. The fraction of sp³-hybridized carbons (Fsp3) is 0.250. The zero-order valence-electron chi connectivity index (χ0n) is 16.2. The fourth-order valence-electron chi connectivity index (χ4n) is 4.16. The average molecular weight is 385 g/mol. The lowest BCUT2D eigenvalue weighted by Gasteiger charge is -2.25. The summed E-state index contributed by atoms with van der Waals surface area (Å²) in [4.78, 5) is 12.9. The number of nitrogens with one attached hydrogen (secondary N) is 1. The third-order valence-corrected chi connectivity index (χ3v) is 5.67. The zero-order valence-corrected chi connectivity index (χ0v) is 16.2. The van der Waals surface area contributed by atoms with Crippen LogP contribution in [-0.4, -0.2) is 22.3 Å². The highest BCUT2D eigenvalue weighted by Crippen LogP contribution is 2.31. The Hall–Kier alpha value is -3.34. The molecule has 5 rings (SSSR count). The van der Waals surface area contributed by atoms with Crippen LogP contribution >= 0.6 is 0 Å². The fourth-order valence-corrected chi connectivity index (χ4v) is 4.16. The van der Waals surface area contributed by atoms with Crippen molar-refractivity contribution in [1.29, 1.82) is 0 Å². The van der Waals surface area contributed by atoms with Gasteiger partial charge in [-0.2, -0.15) is 5.10 Å². The monoisotopic (exact) mass is 385 g/mol. The summed E-state index contributed by atoms with van der Waals surface area (Å²) in [7, 11) is 0. The van der Waals surface area contributed by atoms with Crippen molar-refractivity contribution in [2.45, 2.75) is 31.8 Å². The van der Waals surface area contributed by atoms with Gasteiger partial charge in [-0.25, -0.2) is 0 Å². The van der Waals surface area contributed by atoms with Gasteiger partial charge < -0.3 is 10.1 Å². The third-order valence-electron chi connectivity index (χ3n) is 5.67. The van der Waals surface area contributed by atoms with Gasteiger partial charge in [-0.1, -0.05) is 48.5 Å². The van der Waals surface area contributed by atoms with E-state index < -0.39 is 0 Å². The molecule has 1 atom stereocenters. The van der Waals surface area contributed by atoms with Gasteiger partial charge in [-0.15, -0.1) is 0 Å². The summed E-state index contributed by atoms with van der Waals surface area (Å²) in [6.07, 6.45) is 6.81. The smallest absolute Gasteiger partial charge is 0.251 e. The number of carbonyl (C=O) groups excluding carboxylic acids is 1. The van der Waals surface area contributed by atoms with Gasteiger partial charge in [0, 0.05) is 16.8 Å². The molecule has 0 saturated heterocycles. The molecule has 3 aromatic rings. The average Bonchev–Trinajstić information content (AvgIpc) is 3.18. The lowest BCUT2D eigenvalue weighted by atomic mass is 9.92. The Morgan fingerprint density at radius 2 is 1.97 bits per heavy atom. The van der Waals surface area contributed by atoms with Gasteiger partial charge >= 0.3 is 0 Å². The van der Waals surface area contributed by atoms with Crippen LogP contribution in [0.1, 0.15) is 41.3 Å². The Bertz CT molecular complexity index is 1070. The van der Waals surface area contributed by atoms with E-state index in [1.807, 2.05) is 54.7 Å².